The first-order valence-corrected chi connectivity index (χ1v) is 5.46. The fourth-order valence-corrected chi connectivity index (χ4v) is 1.02. The summed E-state index contributed by atoms with van der Waals surface area (Å²) in [6.45, 7) is 5.68. The number of ether oxygens (including phenoxy) is 2. The standard InChI is InChI=1S/C7H15NO5S/c1-3-12-6-7(2)13-5-4-8-14(9,10)11/h3,7-8H,1,4-6H2,2H3,(H,9,10,11). The predicted molar refractivity (Wildman–Crippen MR) is 51.1 cm³/mol. The van der Waals surface area contributed by atoms with E-state index in [0.29, 0.717) is 6.61 Å². The maximum Gasteiger partial charge on any atom is 0.333 e. The molecular weight excluding hydrogens is 210 g/mol. The topological polar surface area (TPSA) is 84.9 Å². The maximum absolute atomic E-state index is 10.2. The van der Waals surface area contributed by atoms with E-state index in [0.717, 1.165) is 0 Å². The van der Waals surface area contributed by atoms with Crippen LogP contribution in [0.3, 0.4) is 0 Å². The third kappa shape index (κ3) is 9.46. The van der Waals surface area contributed by atoms with Crippen molar-refractivity contribution in [3.63, 3.8) is 0 Å². The highest BCUT2D eigenvalue weighted by Crippen LogP contribution is 1.91. The molecule has 0 aromatic carbocycles. The molecule has 0 aliphatic heterocycles. The van der Waals surface area contributed by atoms with Gasteiger partial charge in [-0.3, -0.25) is 4.55 Å². The van der Waals surface area contributed by atoms with Gasteiger partial charge in [0.25, 0.3) is 0 Å². The Bertz CT molecular complexity index is 251. The van der Waals surface area contributed by atoms with E-state index in [-0.39, 0.29) is 19.3 Å². The highest BCUT2D eigenvalue weighted by atomic mass is 32.2. The molecule has 0 spiro atoms. The Kier molecular flexibility index (Phi) is 6.46. The summed E-state index contributed by atoms with van der Waals surface area (Å²) in [5, 5.41) is 0. The van der Waals surface area contributed by atoms with E-state index in [1.807, 2.05) is 4.72 Å². The van der Waals surface area contributed by atoms with Crippen LogP contribution in [0, 0.1) is 0 Å². The summed E-state index contributed by atoms with van der Waals surface area (Å²) >= 11 is 0. The summed E-state index contributed by atoms with van der Waals surface area (Å²) in [6, 6.07) is 0. The van der Waals surface area contributed by atoms with Crippen LogP contribution in [0.4, 0.5) is 0 Å². The SMILES string of the molecule is C=COCC(C)OCCNS(=O)(=O)O. The highest BCUT2D eigenvalue weighted by molar-refractivity contribution is 7.83. The molecule has 0 aromatic heterocycles. The number of hydrogen-bond donors (Lipinski definition) is 2. The van der Waals surface area contributed by atoms with Crippen molar-refractivity contribution in [2.45, 2.75) is 13.0 Å². The van der Waals surface area contributed by atoms with Gasteiger partial charge >= 0.3 is 10.3 Å². The zero-order valence-corrected chi connectivity index (χ0v) is 8.79. The molecule has 1 atom stereocenters. The van der Waals surface area contributed by atoms with Gasteiger partial charge in [-0.1, -0.05) is 6.58 Å². The second-order valence-electron chi connectivity index (χ2n) is 2.55. The first-order chi connectivity index (χ1) is 6.45. The Morgan fingerprint density at radius 2 is 2.29 bits per heavy atom. The first kappa shape index (κ1) is 13.4. The zero-order valence-electron chi connectivity index (χ0n) is 7.97. The van der Waals surface area contributed by atoms with Crippen LogP contribution in [-0.4, -0.2) is 38.8 Å². The Morgan fingerprint density at radius 3 is 2.79 bits per heavy atom. The summed E-state index contributed by atoms with van der Waals surface area (Å²) in [4.78, 5) is 0. The lowest BCUT2D eigenvalue weighted by molar-refractivity contribution is 0.0230. The quantitative estimate of drug-likeness (QED) is 0.343. The lowest BCUT2D eigenvalue weighted by atomic mass is 10.4. The van der Waals surface area contributed by atoms with E-state index in [9.17, 15) is 8.42 Å². The molecule has 0 rings (SSSR count). The fraction of sp³-hybridized carbons (Fsp3) is 0.714. The summed E-state index contributed by atoms with van der Waals surface area (Å²) in [5.74, 6) is 0. The van der Waals surface area contributed by atoms with Crippen molar-refractivity contribution >= 4 is 10.3 Å². The van der Waals surface area contributed by atoms with Gasteiger partial charge in [-0.15, -0.1) is 0 Å². The Hall–Kier alpha value is -0.630. The fourth-order valence-electron chi connectivity index (χ4n) is 0.682. The Morgan fingerprint density at radius 1 is 1.64 bits per heavy atom. The summed E-state index contributed by atoms with van der Waals surface area (Å²) < 4.78 is 40.5. The molecule has 2 N–H and O–H groups in total. The van der Waals surface area contributed by atoms with Crippen LogP contribution in [0.1, 0.15) is 6.92 Å². The molecule has 0 heterocycles. The number of nitrogens with one attached hydrogen (secondary N) is 1. The molecule has 84 valence electrons. The maximum atomic E-state index is 10.2. The monoisotopic (exact) mass is 225 g/mol. The van der Waals surface area contributed by atoms with Gasteiger partial charge in [0.1, 0.15) is 6.61 Å². The molecule has 0 fully saturated rings. The van der Waals surface area contributed by atoms with Crippen LogP contribution in [0.5, 0.6) is 0 Å². The molecule has 1 unspecified atom stereocenters. The van der Waals surface area contributed by atoms with E-state index in [2.05, 4.69) is 6.58 Å². The van der Waals surface area contributed by atoms with Gasteiger partial charge < -0.3 is 9.47 Å². The van der Waals surface area contributed by atoms with Gasteiger partial charge in [-0.05, 0) is 6.92 Å². The lowest BCUT2D eigenvalue weighted by Crippen LogP contribution is -2.28. The van der Waals surface area contributed by atoms with Crippen molar-refractivity contribution in [3.8, 4) is 0 Å². The van der Waals surface area contributed by atoms with Gasteiger partial charge in [0.15, 0.2) is 0 Å². The molecule has 0 radical (unpaired) electrons. The average molecular weight is 225 g/mol. The minimum Gasteiger partial charge on any atom is -0.499 e. The minimum absolute atomic E-state index is 0.0251. The van der Waals surface area contributed by atoms with Crippen molar-refractivity contribution in [3.05, 3.63) is 12.8 Å². The van der Waals surface area contributed by atoms with Gasteiger partial charge in [0.2, 0.25) is 0 Å². The minimum atomic E-state index is -4.12. The third-order valence-corrected chi connectivity index (χ3v) is 1.81. The molecule has 7 heteroatoms. The normalized spacial score (nSPS) is 13.6. The molecule has 0 saturated carbocycles. The van der Waals surface area contributed by atoms with Gasteiger partial charge in [0.05, 0.1) is 19.0 Å². The van der Waals surface area contributed by atoms with Crippen molar-refractivity contribution in [1.29, 1.82) is 0 Å². The van der Waals surface area contributed by atoms with E-state index in [4.69, 9.17) is 14.0 Å². The lowest BCUT2D eigenvalue weighted by Gasteiger charge is -2.11. The van der Waals surface area contributed by atoms with Crippen LogP contribution in [0.2, 0.25) is 0 Å². The number of rotatable bonds is 8. The summed E-state index contributed by atoms with van der Waals surface area (Å²) in [7, 11) is -4.12. The van der Waals surface area contributed by atoms with Crippen molar-refractivity contribution in [2.75, 3.05) is 19.8 Å². The summed E-state index contributed by atoms with van der Waals surface area (Å²) in [5.41, 5.74) is 0. The van der Waals surface area contributed by atoms with Crippen LogP contribution < -0.4 is 4.72 Å². The molecule has 0 bridgehead atoms. The largest absolute Gasteiger partial charge is 0.499 e. The first-order valence-electron chi connectivity index (χ1n) is 4.02. The average Bonchev–Trinajstić information content (AvgIpc) is 2.07. The Labute approximate surface area is 83.8 Å². The van der Waals surface area contributed by atoms with Crippen LogP contribution in [-0.2, 0) is 19.8 Å². The van der Waals surface area contributed by atoms with E-state index >= 15 is 0 Å². The molecule has 0 aliphatic carbocycles. The number of hydrogen-bond acceptors (Lipinski definition) is 4. The molecule has 14 heavy (non-hydrogen) atoms. The second kappa shape index (κ2) is 6.77. The van der Waals surface area contributed by atoms with Crippen molar-refractivity contribution < 1.29 is 22.4 Å². The van der Waals surface area contributed by atoms with Crippen molar-refractivity contribution in [1.82, 2.24) is 4.72 Å². The van der Waals surface area contributed by atoms with E-state index < -0.39 is 10.3 Å². The molecule has 0 amide bonds. The van der Waals surface area contributed by atoms with Gasteiger partial charge in [-0.25, -0.2) is 0 Å². The van der Waals surface area contributed by atoms with Crippen molar-refractivity contribution in [2.24, 2.45) is 0 Å². The highest BCUT2D eigenvalue weighted by Gasteiger charge is 2.04. The molecule has 0 saturated heterocycles. The van der Waals surface area contributed by atoms with E-state index in [1.165, 1.54) is 6.26 Å². The molecule has 6 nitrogen and oxygen atoms in total. The molecule has 0 aromatic rings. The third-order valence-electron chi connectivity index (χ3n) is 1.24. The smallest absolute Gasteiger partial charge is 0.333 e. The molecule has 0 aliphatic rings. The second-order valence-corrected chi connectivity index (χ2v) is 3.79. The summed E-state index contributed by atoms with van der Waals surface area (Å²) in [6.07, 6.45) is 1.15. The Balaban J connectivity index is 3.40. The van der Waals surface area contributed by atoms with Crippen LogP contribution in [0.25, 0.3) is 0 Å². The van der Waals surface area contributed by atoms with Crippen LogP contribution in [0.15, 0.2) is 12.8 Å². The van der Waals surface area contributed by atoms with Crippen LogP contribution >= 0.6 is 0 Å². The zero-order chi connectivity index (χ0) is 11.0. The van der Waals surface area contributed by atoms with E-state index in [1.54, 1.807) is 6.92 Å². The van der Waals surface area contributed by atoms with Gasteiger partial charge in [0, 0.05) is 6.54 Å². The molecular formula is C7H15NO5S. The van der Waals surface area contributed by atoms with Gasteiger partial charge in [-0.2, -0.15) is 13.1 Å². The predicted octanol–water partition coefficient (Wildman–Crippen LogP) is -0.0560.